The number of hydrogen-bond donors (Lipinski definition) is 0. The number of thiophene rings is 1. The number of carbonyl (C=O) groups is 1. The van der Waals surface area contributed by atoms with Crippen LogP contribution in [0.3, 0.4) is 0 Å². The number of amidine groups is 1. The normalized spacial score (nSPS) is 19.2. The van der Waals surface area contributed by atoms with Crippen LogP contribution in [0.2, 0.25) is 0 Å². The van der Waals surface area contributed by atoms with E-state index < -0.39 is 0 Å². The maximum absolute atomic E-state index is 12.9. The smallest absolute Gasteiger partial charge is 0.242 e. The fourth-order valence-electron chi connectivity index (χ4n) is 2.76. The van der Waals surface area contributed by atoms with Gasteiger partial charge in [0, 0.05) is 4.88 Å². The molecule has 0 N–H and O–H groups in total. The Bertz CT molecular complexity index is 799. The van der Waals surface area contributed by atoms with Crippen LogP contribution in [0, 0.1) is 6.92 Å². The second-order valence-electron chi connectivity index (χ2n) is 6.24. The van der Waals surface area contributed by atoms with Gasteiger partial charge in [-0.3, -0.25) is 9.69 Å². The first-order valence-corrected chi connectivity index (χ1v) is 10.6. The zero-order valence-corrected chi connectivity index (χ0v) is 16.7. The lowest BCUT2D eigenvalue weighted by molar-refractivity contribution is -0.126. The van der Waals surface area contributed by atoms with Crippen molar-refractivity contribution in [3.63, 3.8) is 0 Å². The Morgan fingerprint density at radius 1 is 1.23 bits per heavy atom. The summed E-state index contributed by atoms with van der Waals surface area (Å²) in [5.74, 6) is 0.150. The number of nitrogens with zero attached hydrogens (tertiary/aromatic N) is 3. The van der Waals surface area contributed by atoms with Crippen LogP contribution in [-0.4, -0.2) is 27.4 Å². The van der Waals surface area contributed by atoms with Crippen molar-refractivity contribution < 1.29 is 4.79 Å². The molecule has 1 aliphatic rings. The van der Waals surface area contributed by atoms with E-state index >= 15 is 0 Å². The van der Waals surface area contributed by atoms with Crippen molar-refractivity contribution in [3.05, 3.63) is 57.8 Å². The third-order valence-corrected chi connectivity index (χ3v) is 6.34. The molecule has 1 amide bonds. The molecule has 2 heterocycles. The van der Waals surface area contributed by atoms with Crippen molar-refractivity contribution in [1.29, 1.82) is 0 Å². The second-order valence-corrected chi connectivity index (χ2v) is 8.39. The van der Waals surface area contributed by atoms with Gasteiger partial charge in [-0.15, -0.1) is 16.4 Å². The van der Waals surface area contributed by atoms with Crippen molar-refractivity contribution in [3.8, 4) is 0 Å². The summed E-state index contributed by atoms with van der Waals surface area (Å²) in [6.45, 7) is 4.77. The van der Waals surface area contributed by atoms with E-state index in [9.17, 15) is 4.79 Å². The number of hydrogen-bond acceptors (Lipinski definition) is 5. The highest BCUT2D eigenvalue weighted by Crippen LogP contribution is 2.32. The molecule has 1 atom stereocenters. The van der Waals surface area contributed by atoms with Crippen molar-refractivity contribution in [2.75, 3.05) is 0 Å². The second kappa shape index (κ2) is 9.14. The average molecular weight is 386 g/mol. The fraction of sp³-hybridized carbons (Fsp3) is 0.350. The summed E-state index contributed by atoms with van der Waals surface area (Å²) in [6, 6.07) is 12.2. The fourth-order valence-corrected chi connectivity index (χ4v) is 4.48. The van der Waals surface area contributed by atoms with Gasteiger partial charge in [0.05, 0.1) is 18.0 Å². The van der Waals surface area contributed by atoms with Crippen LogP contribution >= 0.6 is 23.1 Å². The summed E-state index contributed by atoms with van der Waals surface area (Å²) in [7, 11) is 0. The van der Waals surface area contributed by atoms with Gasteiger partial charge in [0.1, 0.15) is 0 Å². The van der Waals surface area contributed by atoms with E-state index in [0.717, 1.165) is 29.7 Å². The van der Waals surface area contributed by atoms with Gasteiger partial charge in [-0.05, 0) is 35.9 Å². The van der Waals surface area contributed by atoms with Gasteiger partial charge in [0.25, 0.3) is 0 Å². The highest BCUT2D eigenvalue weighted by Gasteiger charge is 2.37. The lowest BCUT2D eigenvalue weighted by Crippen LogP contribution is -2.31. The Morgan fingerprint density at radius 2 is 2.08 bits per heavy atom. The van der Waals surface area contributed by atoms with Gasteiger partial charge in [-0.1, -0.05) is 61.9 Å². The molecule has 0 aliphatic carbocycles. The summed E-state index contributed by atoms with van der Waals surface area (Å²) >= 11 is 3.16. The monoisotopic (exact) mass is 385 g/mol. The molecule has 1 aliphatic heterocycles. The third-order valence-electron chi connectivity index (χ3n) is 4.30. The molecule has 4 nitrogen and oxygen atoms in total. The molecule has 1 aromatic carbocycles. The maximum atomic E-state index is 12.9. The minimum absolute atomic E-state index is 0.0466. The lowest BCUT2D eigenvalue weighted by atomic mass is 10.1. The van der Waals surface area contributed by atoms with Crippen LogP contribution in [0.1, 0.15) is 42.2 Å². The van der Waals surface area contributed by atoms with Gasteiger partial charge >= 0.3 is 0 Å². The Hall–Kier alpha value is -1.92. The van der Waals surface area contributed by atoms with Gasteiger partial charge in [0.2, 0.25) is 5.91 Å². The van der Waals surface area contributed by atoms with Gasteiger partial charge in [0.15, 0.2) is 5.17 Å². The summed E-state index contributed by atoms with van der Waals surface area (Å²) in [5, 5.41) is 11.3. The standard InChI is InChI=1S/C20H23N3OS2/c1-3-4-11-18-19(24)23(14-16-9-6-5-8-15(16)2)20(26-18)22-21-13-17-10-7-12-25-17/h5-10,12-13,18H,3-4,11,14H2,1-2H3/b21-13-,22-20+/t18-/m1/s1. The largest absolute Gasteiger partial charge is 0.284 e. The Morgan fingerprint density at radius 3 is 2.81 bits per heavy atom. The topological polar surface area (TPSA) is 45.0 Å². The van der Waals surface area contributed by atoms with Gasteiger partial charge in [-0.2, -0.15) is 5.10 Å². The first-order chi connectivity index (χ1) is 12.7. The molecule has 0 bridgehead atoms. The Kier molecular flexibility index (Phi) is 6.63. The van der Waals surface area contributed by atoms with E-state index in [0.29, 0.717) is 11.7 Å². The van der Waals surface area contributed by atoms with Gasteiger partial charge in [-0.25, -0.2) is 0 Å². The van der Waals surface area contributed by atoms with Crippen LogP contribution in [0.5, 0.6) is 0 Å². The number of benzene rings is 1. The van der Waals surface area contributed by atoms with Crippen LogP contribution in [0.4, 0.5) is 0 Å². The van der Waals surface area contributed by atoms with E-state index in [4.69, 9.17) is 0 Å². The summed E-state index contributed by atoms with van der Waals surface area (Å²) in [5.41, 5.74) is 2.33. The van der Waals surface area contributed by atoms with Crippen molar-refractivity contribution >= 4 is 40.4 Å². The molecule has 3 rings (SSSR count). The SMILES string of the molecule is CCCC[C@H]1S/C(=N/N=C\c2cccs2)N(Cc2ccccc2C)C1=O. The number of carbonyl (C=O) groups excluding carboxylic acids is 1. The minimum atomic E-state index is -0.0466. The van der Waals surface area contributed by atoms with E-state index in [1.54, 1.807) is 34.2 Å². The van der Waals surface area contributed by atoms with Crippen LogP contribution in [-0.2, 0) is 11.3 Å². The summed E-state index contributed by atoms with van der Waals surface area (Å²) < 4.78 is 0. The zero-order chi connectivity index (χ0) is 18.4. The van der Waals surface area contributed by atoms with Crippen LogP contribution in [0.15, 0.2) is 52.0 Å². The van der Waals surface area contributed by atoms with Gasteiger partial charge < -0.3 is 0 Å². The first-order valence-electron chi connectivity index (χ1n) is 8.86. The zero-order valence-electron chi connectivity index (χ0n) is 15.1. The number of thioether (sulfide) groups is 1. The van der Waals surface area contributed by atoms with Crippen molar-refractivity contribution in [2.45, 2.75) is 44.9 Å². The molecule has 26 heavy (non-hydrogen) atoms. The molecule has 0 saturated carbocycles. The predicted octanol–water partition coefficient (Wildman–Crippen LogP) is 5.08. The summed E-state index contributed by atoms with van der Waals surface area (Å²) in [6.07, 6.45) is 4.77. The highest BCUT2D eigenvalue weighted by atomic mass is 32.2. The number of rotatable bonds is 7. The number of aryl methyl sites for hydroxylation is 1. The number of unbranched alkanes of at least 4 members (excludes halogenated alkanes) is 1. The molecule has 2 aromatic rings. The van der Waals surface area contributed by atoms with E-state index in [-0.39, 0.29) is 11.2 Å². The summed E-state index contributed by atoms with van der Waals surface area (Å²) in [4.78, 5) is 15.7. The maximum Gasteiger partial charge on any atom is 0.242 e. The molecule has 0 unspecified atom stereocenters. The molecule has 0 spiro atoms. The highest BCUT2D eigenvalue weighted by molar-refractivity contribution is 8.15. The molecule has 1 saturated heterocycles. The molecule has 1 fully saturated rings. The van der Waals surface area contributed by atoms with E-state index in [2.05, 4.69) is 36.2 Å². The average Bonchev–Trinajstić information content (AvgIpc) is 3.25. The third kappa shape index (κ3) is 4.62. The molecule has 1 aromatic heterocycles. The molecular weight excluding hydrogens is 362 g/mol. The quantitative estimate of drug-likeness (QED) is 0.493. The molecular formula is C20H23N3OS2. The molecule has 0 radical (unpaired) electrons. The van der Waals surface area contributed by atoms with Crippen molar-refractivity contribution in [2.24, 2.45) is 10.2 Å². The predicted molar refractivity (Wildman–Crippen MR) is 112 cm³/mol. The molecule has 136 valence electrons. The Balaban J connectivity index is 1.81. The Labute approximate surface area is 163 Å². The van der Waals surface area contributed by atoms with E-state index in [1.807, 2.05) is 29.6 Å². The van der Waals surface area contributed by atoms with Crippen LogP contribution < -0.4 is 0 Å². The van der Waals surface area contributed by atoms with Crippen molar-refractivity contribution in [1.82, 2.24) is 4.90 Å². The molecule has 6 heteroatoms. The van der Waals surface area contributed by atoms with Crippen LogP contribution in [0.25, 0.3) is 0 Å². The minimum Gasteiger partial charge on any atom is -0.284 e. The first kappa shape index (κ1) is 18.9. The lowest BCUT2D eigenvalue weighted by Gasteiger charge is -2.17. The number of amides is 1. The van der Waals surface area contributed by atoms with E-state index in [1.165, 1.54) is 5.56 Å².